The Morgan fingerprint density at radius 2 is 1.90 bits per heavy atom. The number of ether oxygens (including phenoxy) is 2. The van der Waals surface area contributed by atoms with Crippen LogP contribution in [0.3, 0.4) is 0 Å². The lowest BCUT2D eigenvalue weighted by molar-refractivity contribution is 0.0933. The van der Waals surface area contributed by atoms with Gasteiger partial charge in [0.15, 0.2) is 0 Å². The molecule has 0 radical (unpaired) electrons. The number of hydrogen-bond donors (Lipinski definition) is 0. The first-order valence-corrected chi connectivity index (χ1v) is 7.39. The molecule has 0 N–H and O–H groups in total. The summed E-state index contributed by atoms with van der Waals surface area (Å²) >= 11 is 0. The van der Waals surface area contributed by atoms with Gasteiger partial charge in [-0.2, -0.15) is 0 Å². The molecule has 2 heterocycles. The van der Waals surface area contributed by atoms with Gasteiger partial charge in [0.25, 0.3) is 0 Å². The summed E-state index contributed by atoms with van der Waals surface area (Å²) in [5.41, 5.74) is 3.75. The maximum Gasteiger partial charge on any atom is 0.119 e. The Balaban J connectivity index is 1.85. The molecule has 0 aliphatic carbocycles. The molecule has 3 nitrogen and oxygen atoms in total. The fraction of sp³-hybridized carbons (Fsp3) is 0.333. The van der Waals surface area contributed by atoms with Gasteiger partial charge in [-0.25, -0.2) is 0 Å². The van der Waals surface area contributed by atoms with E-state index in [0.717, 1.165) is 18.8 Å². The van der Waals surface area contributed by atoms with Crippen molar-refractivity contribution in [3.63, 3.8) is 0 Å². The lowest BCUT2D eigenvalue weighted by atomic mass is 9.92. The van der Waals surface area contributed by atoms with E-state index in [9.17, 15) is 0 Å². The van der Waals surface area contributed by atoms with Gasteiger partial charge in [-0.3, -0.25) is 0 Å². The van der Waals surface area contributed by atoms with Gasteiger partial charge in [0, 0.05) is 23.5 Å². The maximum absolute atomic E-state index is 6.04. The quantitative estimate of drug-likeness (QED) is 0.828. The molecular weight excluding hydrogens is 262 g/mol. The lowest BCUT2D eigenvalue weighted by Crippen LogP contribution is -2.40. The first-order valence-electron chi connectivity index (χ1n) is 7.39. The first-order chi connectivity index (χ1) is 10.2. The molecule has 2 aliphatic heterocycles. The van der Waals surface area contributed by atoms with Crippen LogP contribution in [0, 0.1) is 0 Å². The fourth-order valence-electron chi connectivity index (χ4n) is 3.70. The molecule has 0 amide bonds. The van der Waals surface area contributed by atoms with Gasteiger partial charge in [0.2, 0.25) is 0 Å². The van der Waals surface area contributed by atoms with E-state index < -0.39 is 0 Å². The van der Waals surface area contributed by atoms with Crippen molar-refractivity contribution in [3.05, 3.63) is 54.1 Å². The maximum atomic E-state index is 6.04. The molecule has 4 rings (SSSR count). The van der Waals surface area contributed by atoms with E-state index in [0.29, 0.717) is 0 Å². The number of para-hydroxylation sites is 1. The molecule has 21 heavy (non-hydrogen) atoms. The van der Waals surface area contributed by atoms with Crippen molar-refractivity contribution in [1.82, 2.24) is 0 Å². The van der Waals surface area contributed by atoms with Crippen molar-refractivity contribution < 1.29 is 9.47 Å². The molecular formula is C18H19NO2. The van der Waals surface area contributed by atoms with Gasteiger partial charge >= 0.3 is 0 Å². The van der Waals surface area contributed by atoms with E-state index >= 15 is 0 Å². The van der Waals surface area contributed by atoms with Crippen molar-refractivity contribution >= 4 is 11.4 Å². The highest BCUT2D eigenvalue weighted by Crippen LogP contribution is 2.56. The molecule has 0 aromatic heterocycles. The summed E-state index contributed by atoms with van der Waals surface area (Å²) < 4.78 is 11.3. The van der Waals surface area contributed by atoms with Crippen molar-refractivity contribution in [3.8, 4) is 5.75 Å². The molecule has 0 saturated carbocycles. The third-order valence-electron chi connectivity index (χ3n) is 4.76. The Labute approximate surface area is 125 Å². The van der Waals surface area contributed by atoms with E-state index in [4.69, 9.17) is 9.47 Å². The summed E-state index contributed by atoms with van der Waals surface area (Å²) in [6.07, 6.45) is 1.20. The van der Waals surface area contributed by atoms with Gasteiger partial charge in [-0.05, 0) is 43.7 Å². The molecule has 2 aliphatic rings. The topological polar surface area (TPSA) is 21.7 Å². The van der Waals surface area contributed by atoms with Crippen LogP contribution in [0.15, 0.2) is 48.5 Å². The molecule has 108 valence electrons. The minimum atomic E-state index is -0.00171. The molecule has 2 aromatic rings. The summed E-state index contributed by atoms with van der Waals surface area (Å²) in [5.74, 6) is 0.885. The molecule has 1 fully saturated rings. The minimum Gasteiger partial charge on any atom is -0.497 e. The molecule has 3 heteroatoms. The van der Waals surface area contributed by atoms with E-state index in [1.54, 1.807) is 7.11 Å². The lowest BCUT2D eigenvalue weighted by Gasteiger charge is -2.36. The number of rotatable bonds is 2. The van der Waals surface area contributed by atoms with Crippen LogP contribution in [0.25, 0.3) is 0 Å². The number of anilines is 2. The molecule has 0 bridgehead atoms. The van der Waals surface area contributed by atoms with E-state index in [-0.39, 0.29) is 11.6 Å². The molecule has 2 aromatic carbocycles. The zero-order valence-electron chi connectivity index (χ0n) is 12.4. The van der Waals surface area contributed by atoms with Crippen LogP contribution in [0.1, 0.15) is 25.0 Å². The molecule has 2 atom stereocenters. The highest BCUT2D eigenvalue weighted by Gasteiger charge is 2.52. The van der Waals surface area contributed by atoms with Crippen LogP contribution in [0.5, 0.6) is 5.75 Å². The van der Waals surface area contributed by atoms with Crippen molar-refractivity contribution in [2.75, 3.05) is 18.6 Å². The third kappa shape index (κ3) is 1.70. The van der Waals surface area contributed by atoms with Crippen molar-refractivity contribution in [1.29, 1.82) is 0 Å². The zero-order chi connectivity index (χ0) is 14.4. The zero-order valence-corrected chi connectivity index (χ0v) is 12.4. The van der Waals surface area contributed by atoms with Gasteiger partial charge < -0.3 is 14.4 Å². The molecule has 0 unspecified atom stereocenters. The second kappa shape index (κ2) is 4.50. The Bertz CT molecular complexity index is 667. The number of methoxy groups -OCH3 is 1. The van der Waals surface area contributed by atoms with E-state index in [1.807, 2.05) is 12.1 Å². The summed E-state index contributed by atoms with van der Waals surface area (Å²) in [6.45, 7) is 3.12. The first kappa shape index (κ1) is 12.7. The second-order valence-electron chi connectivity index (χ2n) is 5.95. The van der Waals surface area contributed by atoms with Crippen LogP contribution in [-0.4, -0.2) is 19.3 Å². The Morgan fingerprint density at radius 3 is 2.67 bits per heavy atom. The minimum absolute atomic E-state index is 0.00171. The van der Waals surface area contributed by atoms with Gasteiger partial charge in [-0.1, -0.05) is 18.2 Å². The predicted octanol–water partition coefficient (Wildman–Crippen LogP) is 4.07. The molecule has 1 saturated heterocycles. The summed E-state index contributed by atoms with van der Waals surface area (Å²) in [6, 6.07) is 16.9. The van der Waals surface area contributed by atoms with Crippen molar-refractivity contribution in [2.45, 2.75) is 25.0 Å². The second-order valence-corrected chi connectivity index (χ2v) is 5.95. The smallest absolute Gasteiger partial charge is 0.119 e. The normalized spacial score (nSPS) is 26.6. The Kier molecular flexibility index (Phi) is 2.73. The van der Waals surface area contributed by atoms with Gasteiger partial charge in [0.05, 0.1) is 12.6 Å². The monoisotopic (exact) mass is 281 g/mol. The average molecular weight is 281 g/mol. The van der Waals surface area contributed by atoms with E-state index in [2.05, 4.69) is 48.2 Å². The summed E-state index contributed by atoms with van der Waals surface area (Å²) in [7, 11) is 1.70. The third-order valence-corrected chi connectivity index (χ3v) is 4.76. The number of fused-ring (bicyclic) bond motifs is 3. The average Bonchev–Trinajstić information content (AvgIpc) is 3.00. The van der Waals surface area contributed by atoms with Gasteiger partial charge in [0.1, 0.15) is 11.9 Å². The summed E-state index contributed by atoms with van der Waals surface area (Å²) in [5, 5.41) is 0. The van der Waals surface area contributed by atoms with Crippen LogP contribution >= 0.6 is 0 Å². The largest absolute Gasteiger partial charge is 0.497 e. The standard InChI is InChI=1S/C18H19NO2/c1-18-11-12-21-17(18)15-5-3-4-6-16(15)19(18)13-7-9-14(20-2)10-8-13/h3-10,17H,11-12H2,1-2H3/t17-,18-/m0/s1. The highest BCUT2D eigenvalue weighted by atomic mass is 16.5. The Morgan fingerprint density at radius 1 is 1.14 bits per heavy atom. The highest BCUT2D eigenvalue weighted by molar-refractivity contribution is 5.74. The predicted molar refractivity (Wildman–Crippen MR) is 83.3 cm³/mol. The van der Waals surface area contributed by atoms with Gasteiger partial charge in [-0.15, -0.1) is 0 Å². The fourth-order valence-corrected chi connectivity index (χ4v) is 3.70. The molecule has 0 spiro atoms. The van der Waals surface area contributed by atoms with Crippen LogP contribution in [0.4, 0.5) is 11.4 Å². The van der Waals surface area contributed by atoms with Crippen LogP contribution in [-0.2, 0) is 4.74 Å². The van der Waals surface area contributed by atoms with Crippen molar-refractivity contribution in [2.24, 2.45) is 0 Å². The summed E-state index contributed by atoms with van der Waals surface area (Å²) in [4.78, 5) is 2.43. The SMILES string of the molecule is COc1ccc(N2c3ccccc3[C@@H]3OCC[C@@]32C)cc1. The van der Waals surface area contributed by atoms with Crippen LogP contribution < -0.4 is 9.64 Å². The Hall–Kier alpha value is -2.00. The number of nitrogens with zero attached hydrogens (tertiary/aromatic N) is 1. The van der Waals surface area contributed by atoms with Crippen LogP contribution in [0.2, 0.25) is 0 Å². The number of hydrogen-bond acceptors (Lipinski definition) is 3. The number of benzene rings is 2. The van der Waals surface area contributed by atoms with E-state index in [1.165, 1.54) is 16.9 Å².